The summed E-state index contributed by atoms with van der Waals surface area (Å²) >= 11 is 0. The van der Waals surface area contributed by atoms with Crippen molar-refractivity contribution < 1.29 is 9.53 Å². The van der Waals surface area contributed by atoms with Gasteiger partial charge in [0.25, 0.3) is 0 Å². The number of rotatable bonds is 4. The van der Waals surface area contributed by atoms with E-state index in [4.69, 9.17) is 10.5 Å². The number of hydrogen-bond acceptors (Lipinski definition) is 3. The highest BCUT2D eigenvalue weighted by Gasteiger charge is 2.24. The van der Waals surface area contributed by atoms with Crippen molar-refractivity contribution in [3.63, 3.8) is 0 Å². The number of carbonyl (C=O) groups excluding carboxylic acids is 1. The first-order valence-corrected chi connectivity index (χ1v) is 6.13. The monoisotopic (exact) mass is 249 g/mol. The lowest BCUT2D eigenvalue weighted by atomic mass is 10.1. The largest absolute Gasteiger partial charge is 0.398 e. The number of nitrogens with two attached hydrogens (primary N) is 1. The normalized spacial score (nSPS) is 17.3. The number of methoxy groups -OCH3 is 1. The third kappa shape index (κ3) is 2.73. The highest BCUT2D eigenvalue weighted by atomic mass is 16.5. The van der Waals surface area contributed by atoms with E-state index >= 15 is 0 Å². The first kappa shape index (κ1) is 12.7. The van der Waals surface area contributed by atoms with E-state index in [9.17, 15) is 4.79 Å². The van der Waals surface area contributed by atoms with Gasteiger partial charge in [0.1, 0.15) is 0 Å². The maximum absolute atomic E-state index is 11.7. The van der Waals surface area contributed by atoms with Gasteiger partial charge in [-0.25, -0.2) is 4.79 Å². The molecule has 2 rings (SSSR count). The summed E-state index contributed by atoms with van der Waals surface area (Å²) in [7, 11) is 1.61. The fourth-order valence-corrected chi connectivity index (χ4v) is 2.31. The van der Waals surface area contributed by atoms with Gasteiger partial charge in [-0.05, 0) is 30.0 Å². The van der Waals surface area contributed by atoms with Crippen LogP contribution in [0.25, 0.3) is 0 Å². The molecule has 0 fully saturated rings. The minimum Gasteiger partial charge on any atom is -0.398 e. The van der Waals surface area contributed by atoms with E-state index in [-0.39, 0.29) is 12.1 Å². The van der Waals surface area contributed by atoms with Gasteiger partial charge in [-0.15, -0.1) is 0 Å². The van der Waals surface area contributed by atoms with Gasteiger partial charge in [0.05, 0.1) is 12.6 Å². The number of ether oxygens (including phenoxy) is 1. The summed E-state index contributed by atoms with van der Waals surface area (Å²) in [5, 5.41) is 5.71. The third-order valence-corrected chi connectivity index (χ3v) is 3.20. The molecule has 0 bridgehead atoms. The summed E-state index contributed by atoms with van der Waals surface area (Å²) in [6, 6.07) is 5.76. The Hall–Kier alpha value is -1.75. The van der Waals surface area contributed by atoms with Gasteiger partial charge in [0, 0.05) is 19.3 Å². The van der Waals surface area contributed by atoms with Gasteiger partial charge < -0.3 is 21.1 Å². The minimum atomic E-state index is -0.160. The first-order chi connectivity index (χ1) is 8.72. The van der Waals surface area contributed by atoms with Crippen LogP contribution in [0, 0.1) is 0 Å². The summed E-state index contributed by atoms with van der Waals surface area (Å²) in [6.07, 6.45) is 1.83. The summed E-state index contributed by atoms with van der Waals surface area (Å²) in [5.41, 5.74) is 9.04. The van der Waals surface area contributed by atoms with Crippen LogP contribution in [0.4, 0.5) is 10.5 Å². The van der Waals surface area contributed by atoms with Crippen molar-refractivity contribution in [1.82, 2.24) is 10.6 Å². The van der Waals surface area contributed by atoms with E-state index in [0.717, 1.165) is 24.1 Å². The molecule has 0 aromatic heterocycles. The molecule has 0 aliphatic heterocycles. The molecule has 1 aliphatic rings. The minimum absolute atomic E-state index is 0.0612. The molecule has 5 heteroatoms. The van der Waals surface area contributed by atoms with E-state index in [1.54, 1.807) is 7.11 Å². The summed E-state index contributed by atoms with van der Waals surface area (Å²) < 4.78 is 4.88. The van der Waals surface area contributed by atoms with Crippen molar-refractivity contribution in [2.45, 2.75) is 18.9 Å². The molecule has 4 N–H and O–H groups in total. The Labute approximate surface area is 107 Å². The summed E-state index contributed by atoms with van der Waals surface area (Å²) in [5.74, 6) is 0. The van der Waals surface area contributed by atoms with Gasteiger partial charge >= 0.3 is 6.03 Å². The predicted molar refractivity (Wildman–Crippen MR) is 70.3 cm³/mol. The Kier molecular flexibility index (Phi) is 4.04. The Morgan fingerprint density at radius 1 is 1.56 bits per heavy atom. The second-order valence-electron chi connectivity index (χ2n) is 4.40. The zero-order valence-electron chi connectivity index (χ0n) is 10.5. The van der Waals surface area contributed by atoms with Crippen LogP contribution in [0.1, 0.15) is 23.6 Å². The number of amides is 2. The topological polar surface area (TPSA) is 76.4 Å². The molecular weight excluding hydrogens is 230 g/mol. The fraction of sp³-hybridized carbons (Fsp3) is 0.462. The molecule has 1 aromatic rings. The lowest BCUT2D eigenvalue weighted by Gasteiger charge is -2.15. The Balaban J connectivity index is 1.93. The van der Waals surface area contributed by atoms with E-state index in [1.165, 1.54) is 5.56 Å². The molecule has 0 spiro atoms. The molecule has 2 amide bonds. The average molecular weight is 249 g/mol. The molecule has 1 unspecified atom stereocenters. The molecule has 5 nitrogen and oxygen atoms in total. The Morgan fingerprint density at radius 3 is 3.17 bits per heavy atom. The van der Waals surface area contributed by atoms with Crippen LogP contribution < -0.4 is 16.4 Å². The number of carbonyl (C=O) groups is 1. The number of fused-ring (bicyclic) bond motifs is 1. The zero-order chi connectivity index (χ0) is 13.0. The molecule has 0 saturated carbocycles. The van der Waals surface area contributed by atoms with E-state index in [2.05, 4.69) is 10.6 Å². The number of nitrogen functional groups attached to an aromatic ring is 1. The lowest BCUT2D eigenvalue weighted by Crippen LogP contribution is -2.38. The number of anilines is 1. The average Bonchev–Trinajstić information content (AvgIpc) is 2.74. The molecule has 1 aromatic carbocycles. The highest BCUT2D eigenvalue weighted by Crippen LogP contribution is 2.34. The highest BCUT2D eigenvalue weighted by molar-refractivity contribution is 5.75. The van der Waals surface area contributed by atoms with Crippen LogP contribution in [0.2, 0.25) is 0 Å². The molecule has 0 radical (unpaired) electrons. The number of hydrogen-bond donors (Lipinski definition) is 3. The van der Waals surface area contributed by atoms with Crippen molar-refractivity contribution in [2.75, 3.05) is 26.0 Å². The van der Waals surface area contributed by atoms with Crippen molar-refractivity contribution in [2.24, 2.45) is 0 Å². The standard InChI is InChI=1S/C13H19N3O2/c1-18-8-7-15-13(17)16-12-6-5-9-10(12)3-2-4-11(9)14/h2-4,12H,5-8,14H2,1H3,(H2,15,16,17). The van der Waals surface area contributed by atoms with Crippen LogP contribution in [-0.2, 0) is 11.2 Å². The van der Waals surface area contributed by atoms with Crippen LogP contribution in [-0.4, -0.2) is 26.3 Å². The Bertz CT molecular complexity index is 434. The SMILES string of the molecule is COCCNC(=O)NC1CCc2c(N)cccc21. The van der Waals surface area contributed by atoms with E-state index in [1.807, 2.05) is 18.2 Å². The molecule has 0 heterocycles. The van der Waals surface area contributed by atoms with Crippen molar-refractivity contribution in [3.05, 3.63) is 29.3 Å². The maximum atomic E-state index is 11.7. The fourth-order valence-electron chi connectivity index (χ4n) is 2.31. The third-order valence-electron chi connectivity index (χ3n) is 3.20. The zero-order valence-corrected chi connectivity index (χ0v) is 10.5. The predicted octanol–water partition coefficient (Wildman–Crippen LogP) is 1.20. The first-order valence-electron chi connectivity index (χ1n) is 6.13. The van der Waals surface area contributed by atoms with Crippen LogP contribution >= 0.6 is 0 Å². The molecule has 0 saturated heterocycles. The van der Waals surface area contributed by atoms with Crippen LogP contribution in [0.3, 0.4) is 0 Å². The molecular formula is C13H19N3O2. The summed E-state index contributed by atoms with van der Waals surface area (Å²) in [6.45, 7) is 1.03. The molecule has 18 heavy (non-hydrogen) atoms. The van der Waals surface area contributed by atoms with Gasteiger partial charge in [0.15, 0.2) is 0 Å². The van der Waals surface area contributed by atoms with E-state index in [0.29, 0.717) is 13.2 Å². The smallest absolute Gasteiger partial charge is 0.315 e. The van der Waals surface area contributed by atoms with Crippen LogP contribution in [0.15, 0.2) is 18.2 Å². The Morgan fingerprint density at radius 2 is 2.39 bits per heavy atom. The van der Waals surface area contributed by atoms with Gasteiger partial charge in [0.2, 0.25) is 0 Å². The molecule has 1 aliphatic carbocycles. The van der Waals surface area contributed by atoms with Crippen molar-refractivity contribution in [1.29, 1.82) is 0 Å². The molecule has 98 valence electrons. The lowest BCUT2D eigenvalue weighted by molar-refractivity contribution is 0.195. The number of urea groups is 1. The maximum Gasteiger partial charge on any atom is 0.315 e. The second-order valence-corrected chi connectivity index (χ2v) is 4.40. The second kappa shape index (κ2) is 5.73. The van der Waals surface area contributed by atoms with Gasteiger partial charge in [-0.3, -0.25) is 0 Å². The summed E-state index contributed by atoms with van der Waals surface area (Å²) in [4.78, 5) is 11.7. The van der Waals surface area contributed by atoms with Gasteiger partial charge in [-0.2, -0.15) is 0 Å². The van der Waals surface area contributed by atoms with Gasteiger partial charge in [-0.1, -0.05) is 12.1 Å². The van der Waals surface area contributed by atoms with Crippen LogP contribution in [0.5, 0.6) is 0 Å². The number of nitrogens with one attached hydrogen (secondary N) is 2. The number of benzene rings is 1. The van der Waals surface area contributed by atoms with Crippen molar-refractivity contribution in [3.8, 4) is 0 Å². The van der Waals surface area contributed by atoms with Crippen molar-refractivity contribution >= 4 is 11.7 Å². The molecule has 1 atom stereocenters. The quantitative estimate of drug-likeness (QED) is 0.554. The van der Waals surface area contributed by atoms with E-state index < -0.39 is 0 Å².